The Morgan fingerprint density at radius 2 is 2.15 bits per heavy atom. The lowest BCUT2D eigenvalue weighted by Crippen LogP contribution is -2.24. The number of thiophene rings is 1. The van der Waals surface area contributed by atoms with Crippen molar-refractivity contribution in [2.45, 2.75) is 32.2 Å². The molecule has 1 heterocycles. The highest BCUT2D eigenvalue weighted by Gasteiger charge is 2.18. The number of nitrogens with one attached hydrogen (secondary N) is 1. The van der Waals surface area contributed by atoms with Crippen molar-refractivity contribution in [1.82, 2.24) is 5.32 Å². The van der Waals surface area contributed by atoms with Gasteiger partial charge in [-0.15, -0.1) is 11.3 Å². The van der Waals surface area contributed by atoms with E-state index in [2.05, 4.69) is 23.7 Å². The minimum absolute atomic E-state index is 0.0363. The summed E-state index contributed by atoms with van der Waals surface area (Å²) in [6.07, 6.45) is 2.80. The molecule has 4 heteroatoms. The van der Waals surface area contributed by atoms with E-state index in [1.165, 1.54) is 10.9 Å². The molecule has 0 saturated heterocycles. The highest BCUT2D eigenvalue weighted by atomic mass is 35.5. The zero-order chi connectivity index (χ0) is 14.4. The van der Waals surface area contributed by atoms with Crippen LogP contribution < -0.4 is 5.32 Å². The van der Waals surface area contributed by atoms with Crippen molar-refractivity contribution in [3.05, 3.63) is 57.0 Å². The van der Waals surface area contributed by atoms with E-state index in [1.54, 1.807) is 23.5 Å². The SMILES string of the molecule is CCCNC(CCc1cccs1)c1c(F)cccc1Cl. The molecule has 1 unspecified atom stereocenters. The summed E-state index contributed by atoms with van der Waals surface area (Å²) in [7, 11) is 0. The third kappa shape index (κ3) is 4.05. The standard InChI is InChI=1S/C16H19ClFNS/c1-2-10-19-15(9-8-12-5-4-11-20-12)16-13(17)6-3-7-14(16)18/h3-7,11,15,19H,2,8-10H2,1H3. The summed E-state index contributed by atoms with van der Waals surface area (Å²) in [6, 6.07) is 9.01. The van der Waals surface area contributed by atoms with Crippen LogP contribution in [0.4, 0.5) is 4.39 Å². The largest absolute Gasteiger partial charge is 0.310 e. The van der Waals surface area contributed by atoms with Gasteiger partial charge in [0.25, 0.3) is 0 Å². The maximum absolute atomic E-state index is 14.1. The molecule has 108 valence electrons. The molecule has 0 saturated carbocycles. The number of benzene rings is 1. The first-order chi connectivity index (χ1) is 9.72. The van der Waals surface area contributed by atoms with Crippen LogP contribution >= 0.6 is 22.9 Å². The molecule has 0 aliphatic rings. The fourth-order valence-electron chi connectivity index (χ4n) is 2.25. The van der Waals surface area contributed by atoms with Crippen molar-refractivity contribution >= 4 is 22.9 Å². The molecule has 0 bridgehead atoms. The first kappa shape index (κ1) is 15.5. The van der Waals surface area contributed by atoms with E-state index in [1.807, 2.05) is 6.07 Å². The van der Waals surface area contributed by atoms with Crippen LogP contribution in [0.5, 0.6) is 0 Å². The third-order valence-corrected chi connectivity index (χ3v) is 4.51. The van der Waals surface area contributed by atoms with Crippen molar-refractivity contribution in [3.63, 3.8) is 0 Å². The van der Waals surface area contributed by atoms with Gasteiger partial charge in [-0.05, 0) is 49.4 Å². The Bertz CT molecular complexity index is 507. The van der Waals surface area contributed by atoms with Crippen molar-refractivity contribution < 1.29 is 4.39 Å². The molecular weight excluding hydrogens is 293 g/mol. The van der Waals surface area contributed by atoms with Crippen molar-refractivity contribution in [1.29, 1.82) is 0 Å². The quantitative estimate of drug-likeness (QED) is 0.739. The zero-order valence-corrected chi connectivity index (χ0v) is 13.1. The number of hydrogen-bond acceptors (Lipinski definition) is 2. The molecule has 1 nitrogen and oxygen atoms in total. The minimum atomic E-state index is -0.225. The molecule has 0 spiro atoms. The summed E-state index contributed by atoms with van der Waals surface area (Å²) >= 11 is 7.92. The molecule has 0 aliphatic heterocycles. The highest BCUT2D eigenvalue weighted by Crippen LogP contribution is 2.29. The summed E-state index contributed by atoms with van der Waals surface area (Å²) < 4.78 is 14.1. The molecular formula is C16H19ClFNS. The van der Waals surface area contributed by atoms with E-state index in [-0.39, 0.29) is 11.9 Å². The molecule has 0 aliphatic carbocycles. The van der Waals surface area contributed by atoms with E-state index >= 15 is 0 Å². The Hall–Kier alpha value is -0.900. The average molecular weight is 312 g/mol. The van der Waals surface area contributed by atoms with E-state index in [0.717, 1.165) is 25.8 Å². The topological polar surface area (TPSA) is 12.0 Å². The fourth-order valence-corrected chi connectivity index (χ4v) is 3.27. The number of rotatable bonds is 7. The minimum Gasteiger partial charge on any atom is -0.310 e. The average Bonchev–Trinajstić information content (AvgIpc) is 2.94. The van der Waals surface area contributed by atoms with Crippen LogP contribution in [-0.2, 0) is 6.42 Å². The smallest absolute Gasteiger partial charge is 0.129 e. The van der Waals surface area contributed by atoms with Gasteiger partial charge >= 0.3 is 0 Å². The second-order valence-electron chi connectivity index (χ2n) is 4.76. The maximum Gasteiger partial charge on any atom is 0.129 e. The Morgan fingerprint density at radius 1 is 1.30 bits per heavy atom. The summed E-state index contributed by atoms with van der Waals surface area (Å²) in [5, 5.41) is 5.98. The van der Waals surface area contributed by atoms with Crippen LogP contribution in [0.25, 0.3) is 0 Å². The van der Waals surface area contributed by atoms with E-state index in [9.17, 15) is 4.39 Å². The Labute approximate surface area is 128 Å². The van der Waals surface area contributed by atoms with Gasteiger partial charge in [0, 0.05) is 21.5 Å². The maximum atomic E-state index is 14.1. The van der Waals surface area contributed by atoms with Crippen LogP contribution in [0.15, 0.2) is 35.7 Å². The molecule has 0 fully saturated rings. The first-order valence-corrected chi connectivity index (χ1v) is 8.17. The van der Waals surface area contributed by atoms with E-state index in [4.69, 9.17) is 11.6 Å². The van der Waals surface area contributed by atoms with Crippen LogP contribution in [0.1, 0.15) is 36.2 Å². The predicted octanol–water partition coefficient (Wildman–Crippen LogP) is 5.21. The van der Waals surface area contributed by atoms with Crippen molar-refractivity contribution in [2.24, 2.45) is 0 Å². The van der Waals surface area contributed by atoms with Crippen LogP contribution in [0.2, 0.25) is 5.02 Å². The number of aryl methyl sites for hydroxylation is 1. The summed E-state index contributed by atoms with van der Waals surface area (Å²) in [6.45, 7) is 2.96. The molecule has 0 radical (unpaired) electrons. The predicted molar refractivity (Wildman–Crippen MR) is 85.1 cm³/mol. The van der Waals surface area contributed by atoms with Crippen LogP contribution in [0.3, 0.4) is 0 Å². The van der Waals surface area contributed by atoms with Gasteiger partial charge in [-0.2, -0.15) is 0 Å². The molecule has 20 heavy (non-hydrogen) atoms. The van der Waals surface area contributed by atoms with Crippen LogP contribution in [0, 0.1) is 5.82 Å². The van der Waals surface area contributed by atoms with Gasteiger partial charge < -0.3 is 5.32 Å². The fraction of sp³-hybridized carbons (Fsp3) is 0.375. The molecule has 0 amide bonds. The monoisotopic (exact) mass is 311 g/mol. The van der Waals surface area contributed by atoms with Gasteiger partial charge in [0.05, 0.1) is 0 Å². The summed E-state index contributed by atoms with van der Waals surface area (Å²) in [5.74, 6) is -0.225. The number of hydrogen-bond donors (Lipinski definition) is 1. The second-order valence-corrected chi connectivity index (χ2v) is 6.20. The van der Waals surface area contributed by atoms with E-state index in [0.29, 0.717) is 10.6 Å². The van der Waals surface area contributed by atoms with Gasteiger partial charge in [-0.25, -0.2) is 4.39 Å². The Morgan fingerprint density at radius 3 is 2.80 bits per heavy atom. The van der Waals surface area contributed by atoms with E-state index < -0.39 is 0 Å². The normalized spacial score (nSPS) is 12.6. The Kier molecular flexibility index (Phi) is 6.02. The zero-order valence-electron chi connectivity index (χ0n) is 11.5. The van der Waals surface area contributed by atoms with Crippen molar-refractivity contribution in [2.75, 3.05) is 6.54 Å². The van der Waals surface area contributed by atoms with Crippen molar-refractivity contribution in [3.8, 4) is 0 Å². The van der Waals surface area contributed by atoms with Gasteiger partial charge in [-0.3, -0.25) is 0 Å². The van der Waals surface area contributed by atoms with Crippen LogP contribution in [-0.4, -0.2) is 6.54 Å². The first-order valence-electron chi connectivity index (χ1n) is 6.92. The molecule has 1 aromatic carbocycles. The lowest BCUT2D eigenvalue weighted by Gasteiger charge is -2.20. The molecule has 2 aromatic rings. The lowest BCUT2D eigenvalue weighted by molar-refractivity contribution is 0.475. The molecule has 1 atom stereocenters. The molecule has 1 aromatic heterocycles. The molecule has 1 N–H and O–H groups in total. The molecule has 2 rings (SSSR count). The van der Waals surface area contributed by atoms with Gasteiger partial charge in [0.2, 0.25) is 0 Å². The highest BCUT2D eigenvalue weighted by molar-refractivity contribution is 7.09. The second kappa shape index (κ2) is 7.77. The Balaban J connectivity index is 2.13. The van der Waals surface area contributed by atoms with Gasteiger partial charge in [0.1, 0.15) is 5.82 Å². The van der Waals surface area contributed by atoms with Gasteiger partial charge in [-0.1, -0.05) is 30.7 Å². The van der Waals surface area contributed by atoms with Gasteiger partial charge in [0.15, 0.2) is 0 Å². The lowest BCUT2D eigenvalue weighted by atomic mass is 10.0. The summed E-state index contributed by atoms with van der Waals surface area (Å²) in [5.41, 5.74) is 0.596. The summed E-state index contributed by atoms with van der Waals surface area (Å²) in [4.78, 5) is 1.32. The number of halogens is 2. The third-order valence-electron chi connectivity index (χ3n) is 3.25.